The number of carbonyl (C=O) groups is 2. The molecule has 0 aliphatic carbocycles. The Hall–Kier alpha value is -1.50. The van der Waals surface area contributed by atoms with E-state index >= 15 is 0 Å². The Bertz CT molecular complexity index is 793. The fourth-order valence-electron chi connectivity index (χ4n) is 5.29. The Labute approximate surface area is 344 Å². The molecule has 0 aliphatic heterocycles. The zero-order valence-electron chi connectivity index (χ0n) is 35.7. The molecule has 0 unspecified atom stereocenters. The van der Waals surface area contributed by atoms with Crippen LogP contribution in [0.25, 0.3) is 0 Å². The molecule has 0 atom stereocenters. The monoisotopic (exact) mass is 827 g/mol. The lowest BCUT2D eigenvalue weighted by Gasteiger charge is -2.09. The Kier molecular flexibility index (Phi) is 49.3. The molecule has 0 aromatic carbocycles. The molecule has 0 bridgehead atoms. The first-order valence-electron chi connectivity index (χ1n) is 21.9. The van der Waals surface area contributed by atoms with E-state index in [0.29, 0.717) is 139 Å². The smallest absolute Gasteiger partial charge is 0.329 e. The van der Waals surface area contributed by atoms with E-state index in [1.54, 1.807) is 0 Å². The summed E-state index contributed by atoms with van der Waals surface area (Å²) in [5, 5.41) is 8.44. The number of unbranched alkanes of at least 4 members (excludes halogenated alkanes) is 14. The highest BCUT2D eigenvalue weighted by atomic mass is 16.6. The number of hydrogen-bond donors (Lipinski definition) is 1. The largest absolute Gasteiger partial charge is 0.480 e. The maximum atomic E-state index is 11.9. The van der Waals surface area contributed by atoms with Gasteiger partial charge in [0.05, 0.1) is 139 Å². The molecule has 0 aromatic rings. The SMILES string of the molecule is CCCCCCCCCCCCCCCCCC(=O)OCCOCCOCCOCCOCCOCCOCCOCCOCCOCCOCCOCC(=O)O. The van der Waals surface area contributed by atoms with Gasteiger partial charge in [-0.25, -0.2) is 4.79 Å². The maximum absolute atomic E-state index is 11.9. The molecule has 0 amide bonds. The third kappa shape index (κ3) is 52.5. The van der Waals surface area contributed by atoms with Gasteiger partial charge in [0.25, 0.3) is 0 Å². The quantitative estimate of drug-likeness (QED) is 0.0556. The van der Waals surface area contributed by atoms with Crippen LogP contribution in [0.1, 0.15) is 110 Å². The maximum Gasteiger partial charge on any atom is 0.329 e. The van der Waals surface area contributed by atoms with E-state index in [0.717, 1.165) is 12.8 Å². The van der Waals surface area contributed by atoms with Crippen LogP contribution in [0.3, 0.4) is 0 Å². The summed E-state index contributed by atoms with van der Waals surface area (Å²) in [5.41, 5.74) is 0. The third-order valence-corrected chi connectivity index (χ3v) is 8.42. The fraction of sp³-hybridized carbons (Fsp3) is 0.952. The molecule has 0 rings (SSSR count). The van der Waals surface area contributed by atoms with E-state index in [1.807, 2.05) is 0 Å². The minimum atomic E-state index is -0.997. The summed E-state index contributed by atoms with van der Waals surface area (Å²) in [6.07, 6.45) is 20.2. The highest BCUT2D eigenvalue weighted by molar-refractivity contribution is 5.69. The van der Waals surface area contributed by atoms with Gasteiger partial charge in [0, 0.05) is 6.42 Å². The summed E-state index contributed by atoms with van der Waals surface area (Å²) in [5.74, 6) is -1.13. The number of carboxylic acids is 1. The molecule has 0 saturated heterocycles. The van der Waals surface area contributed by atoms with Crippen molar-refractivity contribution in [3.05, 3.63) is 0 Å². The normalized spacial score (nSPS) is 11.5. The molecule has 0 heterocycles. The average molecular weight is 827 g/mol. The molecular weight excluding hydrogens is 744 g/mol. The molecule has 0 spiro atoms. The second-order valence-electron chi connectivity index (χ2n) is 13.5. The van der Waals surface area contributed by atoms with Gasteiger partial charge in [0.2, 0.25) is 0 Å². The summed E-state index contributed by atoms with van der Waals surface area (Å²) >= 11 is 0. The summed E-state index contributed by atoms with van der Waals surface area (Å²) in [6, 6.07) is 0. The Balaban J connectivity index is 3.13. The Morgan fingerprint density at radius 3 is 0.807 bits per heavy atom. The van der Waals surface area contributed by atoms with Gasteiger partial charge >= 0.3 is 11.9 Å². The highest BCUT2D eigenvalue weighted by Crippen LogP contribution is 2.14. The van der Waals surface area contributed by atoms with Crippen molar-refractivity contribution in [2.75, 3.05) is 152 Å². The predicted molar refractivity (Wildman–Crippen MR) is 217 cm³/mol. The number of aliphatic carboxylic acids is 1. The first-order valence-corrected chi connectivity index (χ1v) is 21.9. The highest BCUT2D eigenvalue weighted by Gasteiger charge is 2.03. The minimum absolute atomic E-state index is 0.136. The van der Waals surface area contributed by atoms with E-state index in [1.165, 1.54) is 83.5 Å². The molecule has 0 aromatic heterocycles. The standard InChI is InChI=1S/C42H82O15/c1-2-3-4-5-6-7-8-9-10-11-12-13-14-15-16-17-42(45)57-39-38-55-35-34-53-31-30-51-27-26-49-23-22-47-19-18-46-20-21-48-24-25-50-28-29-52-32-33-54-36-37-56-40-41(43)44/h2-40H2,1H3,(H,43,44). The molecule has 340 valence electrons. The van der Waals surface area contributed by atoms with Gasteiger partial charge in [-0.2, -0.15) is 0 Å². The summed E-state index contributed by atoms with van der Waals surface area (Å²) < 4.78 is 64.6. The fourth-order valence-corrected chi connectivity index (χ4v) is 5.29. The summed E-state index contributed by atoms with van der Waals surface area (Å²) in [6.45, 7) is 11.6. The van der Waals surface area contributed by atoms with Crippen molar-refractivity contribution < 1.29 is 71.5 Å². The van der Waals surface area contributed by atoms with Crippen molar-refractivity contribution >= 4 is 11.9 Å². The summed E-state index contributed by atoms with van der Waals surface area (Å²) in [7, 11) is 0. The predicted octanol–water partition coefficient (Wildman–Crippen LogP) is 6.06. The molecule has 15 nitrogen and oxygen atoms in total. The van der Waals surface area contributed by atoms with Crippen LogP contribution in [0.2, 0.25) is 0 Å². The second-order valence-corrected chi connectivity index (χ2v) is 13.5. The van der Waals surface area contributed by atoms with Gasteiger partial charge in [-0.05, 0) is 6.42 Å². The van der Waals surface area contributed by atoms with Crippen molar-refractivity contribution in [2.24, 2.45) is 0 Å². The molecule has 0 saturated carbocycles. The first-order chi connectivity index (χ1) is 28.2. The molecule has 15 heteroatoms. The van der Waals surface area contributed by atoms with Crippen LogP contribution in [0, 0.1) is 0 Å². The summed E-state index contributed by atoms with van der Waals surface area (Å²) in [4.78, 5) is 22.2. The van der Waals surface area contributed by atoms with Crippen molar-refractivity contribution in [1.29, 1.82) is 0 Å². The van der Waals surface area contributed by atoms with E-state index in [4.69, 9.17) is 61.9 Å². The molecule has 0 radical (unpaired) electrons. The minimum Gasteiger partial charge on any atom is -0.480 e. The van der Waals surface area contributed by atoms with Crippen LogP contribution in [0.5, 0.6) is 0 Å². The van der Waals surface area contributed by atoms with Gasteiger partial charge in [-0.1, -0.05) is 96.8 Å². The van der Waals surface area contributed by atoms with E-state index in [2.05, 4.69) is 6.92 Å². The van der Waals surface area contributed by atoms with Crippen LogP contribution in [-0.2, 0) is 66.4 Å². The Morgan fingerprint density at radius 1 is 0.316 bits per heavy atom. The van der Waals surface area contributed by atoms with E-state index in [9.17, 15) is 9.59 Å². The number of hydrogen-bond acceptors (Lipinski definition) is 14. The average Bonchev–Trinajstić information content (AvgIpc) is 3.20. The van der Waals surface area contributed by atoms with Crippen molar-refractivity contribution in [3.63, 3.8) is 0 Å². The Morgan fingerprint density at radius 2 is 0.544 bits per heavy atom. The van der Waals surface area contributed by atoms with Gasteiger partial charge in [-0.15, -0.1) is 0 Å². The zero-order chi connectivity index (χ0) is 41.2. The molecule has 1 N–H and O–H groups in total. The molecular formula is C42H82O15. The number of rotatable bonds is 51. The lowest BCUT2D eigenvalue weighted by atomic mass is 10.0. The van der Waals surface area contributed by atoms with Crippen molar-refractivity contribution in [1.82, 2.24) is 0 Å². The number of ether oxygens (including phenoxy) is 12. The van der Waals surface area contributed by atoms with Gasteiger partial charge in [0.15, 0.2) is 0 Å². The number of carbonyl (C=O) groups excluding carboxylic acids is 1. The van der Waals surface area contributed by atoms with Crippen molar-refractivity contribution in [2.45, 2.75) is 110 Å². The van der Waals surface area contributed by atoms with Gasteiger partial charge in [-0.3, -0.25) is 4.79 Å². The topological polar surface area (TPSA) is 165 Å². The van der Waals surface area contributed by atoms with Crippen LogP contribution in [0.15, 0.2) is 0 Å². The van der Waals surface area contributed by atoms with Crippen LogP contribution in [-0.4, -0.2) is 169 Å². The second kappa shape index (κ2) is 50.6. The third-order valence-electron chi connectivity index (χ3n) is 8.42. The van der Waals surface area contributed by atoms with E-state index in [-0.39, 0.29) is 25.8 Å². The van der Waals surface area contributed by atoms with Crippen molar-refractivity contribution in [3.8, 4) is 0 Å². The van der Waals surface area contributed by atoms with Gasteiger partial charge < -0.3 is 61.9 Å². The van der Waals surface area contributed by atoms with Gasteiger partial charge in [0.1, 0.15) is 13.2 Å². The lowest BCUT2D eigenvalue weighted by Crippen LogP contribution is -2.16. The lowest BCUT2D eigenvalue weighted by molar-refractivity contribution is -0.145. The molecule has 0 aliphatic rings. The zero-order valence-corrected chi connectivity index (χ0v) is 35.7. The van der Waals surface area contributed by atoms with E-state index < -0.39 is 5.97 Å². The van der Waals surface area contributed by atoms with Crippen LogP contribution in [0.4, 0.5) is 0 Å². The number of carboxylic acid groups (broad SMARTS) is 1. The van der Waals surface area contributed by atoms with Crippen LogP contribution >= 0.6 is 0 Å². The van der Waals surface area contributed by atoms with Crippen LogP contribution < -0.4 is 0 Å². The molecule has 0 fully saturated rings. The molecule has 57 heavy (non-hydrogen) atoms. The first kappa shape index (κ1) is 55.5. The number of esters is 1.